The number of carbonyl (C=O) groups is 1. The predicted octanol–water partition coefficient (Wildman–Crippen LogP) is 3.93. The van der Waals surface area contributed by atoms with Crippen LogP contribution in [-0.4, -0.2) is 30.3 Å². The van der Waals surface area contributed by atoms with Crippen LogP contribution >= 0.6 is 0 Å². The molecule has 0 saturated carbocycles. The topological polar surface area (TPSA) is 68.7 Å². The Morgan fingerprint density at radius 2 is 1.83 bits per heavy atom. The maximum absolute atomic E-state index is 11.7. The Kier molecular flexibility index (Phi) is 4.08. The highest BCUT2D eigenvalue weighted by atomic mass is 16.5. The van der Waals surface area contributed by atoms with Gasteiger partial charge in [0, 0.05) is 10.9 Å². The number of pyridine rings is 1. The van der Waals surface area contributed by atoms with Crippen LogP contribution in [0.3, 0.4) is 0 Å². The molecule has 0 bridgehead atoms. The quantitative estimate of drug-likeness (QED) is 0.788. The van der Waals surface area contributed by atoms with E-state index in [1.807, 2.05) is 31.2 Å². The number of hydrogen-bond donors (Lipinski definition) is 1. The van der Waals surface area contributed by atoms with E-state index in [1.165, 1.54) is 14.2 Å². The van der Waals surface area contributed by atoms with Crippen molar-refractivity contribution in [3.05, 3.63) is 53.6 Å². The second-order valence-corrected chi connectivity index (χ2v) is 5.37. The van der Waals surface area contributed by atoms with Gasteiger partial charge in [-0.1, -0.05) is 24.3 Å². The van der Waals surface area contributed by atoms with Crippen LogP contribution in [0.15, 0.2) is 42.5 Å². The number of nitrogens with zero attached hydrogens (tertiary/aromatic N) is 1. The molecule has 5 heteroatoms. The van der Waals surface area contributed by atoms with E-state index in [-0.39, 0.29) is 5.56 Å². The lowest BCUT2D eigenvalue weighted by Gasteiger charge is -2.14. The Morgan fingerprint density at radius 1 is 1.08 bits per heavy atom. The van der Waals surface area contributed by atoms with E-state index in [1.54, 1.807) is 18.2 Å². The summed E-state index contributed by atoms with van der Waals surface area (Å²) in [6.07, 6.45) is 0. The Balaban J connectivity index is 2.41. The molecule has 0 saturated heterocycles. The summed E-state index contributed by atoms with van der Waals surface area (Å²) >= 11 is 0. The summed E-state index contributed by atoms with van der Waals surface area (Å²) in [6.45, 7) is 1.96. The minimum absolute atomic E-state index is 0.180. The summed E-state index contributed by atoms with van der Waals surface area (Å²) in [4.78, 5) is 16.4. The molecule has 0 aliphatic rings. The number of aromatic carboxylic acids is 1. The molecule has 1 aromatic heterocycles. The molecule has 0 aliphatic carbocycles. The monoisotopic (exact) mass is 323 g/mol. The van der Waals surface area contributed by atoms with Crippen molar-refractivity contribution in [1.29, 1.82) is 0 Å². The van der Waals surface area contributed by atoms with E-state index in [9.17, 15) is 9.90 Å². The molecular formula is C19H17NO4. The van der Waals surface area contributed by atoms with Gasteiger partial charge in [-0.2, -0.15) is 0 Å². The molecule has 0 radical (unpaired) electrons. The summed E-state index contributed by atoms with van der Waals surface area (Å²) in [5, 5.41) is 10.1. The van der Waals surface area contributed by atoms with Crippen LogP contribution in [0.4, 0.5) is 0 Å². The van der Waals surface area contributed by atoms with Crippen molar-refractivity contribution in [2.75, 3.05) is 14.2 Å². The lowest BCUT2D eigenvalue weighted by atomic mass is 10.0. The van der Waals surface area contributed by atoms with Gasteiger partial charge in [0.15, 0.2) is 11.5 Å². The van der Waals surface area contributed by atoms with E-state index in [4.69, 9.17) is 9.47 Å². The molecule has 3 rings (SSSR count). The van der Waals surface area contributed by atoms with Crippen LogP contribution < -0.4 is 9.47 Å². The zero-order valence-corrected chi connectivity index (χ0v) is 13.7. The summed E-state index contributed by atoms with van der Waals surface area (Å²) in [6, 6.07) is 12.7. The molecule has 0 spiro atoms. The average molecular weight is 323 g/mol. The van der Waals surface area contributed by atoms with Gasteiger partial charge in [0.1, 0.15) is 5.52 Å². The minimum Gasteiger partial charge on any atom is -0.493 e. The van der Waals surface area contributed by atoms with Gasteiger partial charge >= 0.3 is 5.97 Å². The Morgan fingerprint density at radius 3 is 2.46 bits per heavy atom. The Hall–Kier alpha value is -3.08. The van der Waals surface area contributed by atoms with Crippen LogP contribution in [0.5, 0.6) is 11.5 Å². The summed E-state index contributed by atoms with van der Waals surface area (Å²) in [5.74, 6) is -0.0758. The number of aryl methyl sites for hydroxylation is 1. The Labute approximate surface area is 139 Å². The number of benzene rings is 2. The third-order valence-electron chi connectivity index (χ3n) is 3.97. The lowest BCUT2D eigenvalue weighted by molar-refractivity contribution is 0.0699. The van der Waals surface area contributed by atoms with Crippen molar-refractivity contribution in [2.45, 2.75) is 6.92 Å². The van der Waals surface area contributed by atoms with Gasteiger partial charge in [0.25, 0.3) is 0 Å². The molecule has 0 atom stereocenters. The molecule has 24 heavy (non-hydrogen) atoms. The van der Waals surface area contributed by atoms with Crippen LogP contribution in [-0.2, 0) is 0 Å². The zero-order valence-electron chi connectivity index (χ0n) is 13.7. The third-order valence-corrected chi connectivity index (χ3v) is 3.97. The predicted molar refractivity (Wildman–Crippen MR) is 92.0 cm³/mol. The fourth-order valence-electron chi connectivity index (χ4n) is 2.78. The SMILES string of the molecule is COc1ccc2c(C(=O)O)cc(-c3ccccc3C)nc2c1OC. The van der Waals surface area contributed by atoms with Gasteiger partial charge in [-0.15, -0.1) is 0 Å². The maximum atomic E-state index is 11.7. The van der Waals surface area contributed by atoms with Crippen LogP contribution in [0.1, 0.15) is 15.9 Å². The summed E-state index contributed by atoms with van der Waals surface area (Å²) in [7, 11) is 3.05. The van der Waals surface area contributed by atoms with Gasteiger partial charge in [-0.05, 0) is 30.7 Å². The fourth-order valence-corrected chi connectivity index (χ4v) is 2.78. The van der Waals surface area contributed by atoms with E-state index in [0.29, 0.717) is 28.1 Å². The first kappa shape index (κ1) is 15.8. The largest absolute Gasteiger partial charge is 0.493 e. The number of fused-ring (bicyclic) bond motifs is 1. The number of carboxylic acid groups (broad SMARTS) is 1. The summed E-state index contributed by atoms with van der Waals surface area (Å²) in [5.41, 5.74) is 3.13. The molecule has 1 N–H and O–H groups in total. The highest BCUT2D eigenvalue weighted by Gasteiger charge is 2.19. The van der Waals surface area contributed by atoms with E-state index in [2.05, 4.69) is 4.98 Å². The van der Waals surface area contributed by atoms with Gasteiger partial charge in [0.05, 0.1) is 25.5 Å². The molecule has 122 valence electrons. The van der Waals surface area contributed by atoms with Crippen molar-refractivity contribution in [1.82, 2.24) is 4.98 Å². The van der Waals surface area contributed by atoms with Crippen molar-refractivity contribution in [2.24, 2.45) is 0 Å². The molecule has 0 aliphatic heterocycles. The minimum atomic E-state index is -1.01. The smallest absolute Gasteiger partial charge is 0.336 e. The highest BCUT2D eigenvalue weighted by Crippen LogP contribution is 2.37. The molecule has 0 unspecified atom stereocenters. The molecule has 3 aromatic rings. The van der Waals surface area contributed by atoms with Gasteiger partial charge < -0.3 is 14.6 Å². The molecule has 0 fully saturated rings. The van der Waals surface area contributed by atoms with Crippen molar-refractivity contribution < 1.29 is 19.4 Å². The molecule has 5 nitrogen and oxygen atoms in total. The van der Waals surface area contributed by atoms with Crippen molar-refractivity contribution in [3.8, 4) is 22.8 Å². The highest BCUT2D eigenvalue weighted by molar-refractivity contribution is 6.06. The van der Waals surface area contributed by atoms with E-state index < -0.39 is 5.97 Å². The lowest BCUT2D eigenvalue weighted by Crippen LogP contribution is -2.02. The number of carboxylic acids is 1. The van der Waals surface area contributed by atoms with Crippen LogP contribution in [0.2, 0.25) is 0 Å². The first-order valence-corrected chi connectivity index (χ1v) is 7.42. The first-order chi connectivity index (χ1) is 11.6. The van der Waals surface area contributed by atoms with Crippen molar-refractivity contribution in [3.63, 3.8) is 0 Å². The first-order valence-electron chi connectivity index (χ1n) is 7.42. The number of rotatable bonds is 4. The summed E-state index contributed by atoms with van der Waals surface area (Å²) < 4.78 is 10.7. The second kappa shape index (κ2) is 6.20. The van der Waals surface area contributed by atoms with Gasteiger partial charge in [-0.25, -0.2) is 9.78 Å². The van der Waals surface area contributed by atoms with Crippen LogP contribution in [0, 0.1) is 6.92 Å². The molecule has 0 amide bonds. The number of aromatic nitrogens is 1. The number of methoxy groups -OCH3 is 2. The fraction of sp³-hybridized carbons (Fsp3) is 0.158. The second-order valence-electron chi connectivity index (χ2n) is 5.37. The molecule has 1 heterocycles. The standard InChI is InChI=1S/C19H17NO4/c1-11-6-4-5-7-12(11)15-10-14(19(21)22)13-8-9-16(23-2)18(24-3)17(13)20-15/h4-10H,1-3H3,(H,21,22). The Bertz CT molecular complexity index is 934. The van der Waals surface area contributed by atoms with Gasteiger partial charge in [-0.3, -0.25) is 0 Å². The van der Waals surface area contributed by atoms with Crippen LogP contribution in [0.25, 0.3) is 22.2 Å². The van der Waals surface area contributed by atoms with Gasteiger partial charge in [0.2, 0.25) is 0 Å². The third kappa shape index (κ3) is 2.54. The zero-order chi connectivity index (χ0) is 17.3. The molecule has 2 aromatic carbocycles. The molecular weight excluding hydrogens is 306 g/mol. The van der Waals surface area contributed by atoms with E-state index in [0.717, 1.165) is 11.1 Å². The van der Waals surface area contributed by atoms with E-state index >= 15 is 0 Å². The van der Waals surface area contributed by atoms with Crippen molar-refractivity contribution >= 4 is 16.9 Å². The number of hydrogen-bond acceptors (Lipinski definition) is 4. The maximum Gasteiger partial charge on any atom is 0.336 e. The average Bonchev–Trinajstić information content (AvgIpc) is 2.59. The number of ether oxygens (including phenoxy) is 2. The normalized spacial score (nSPS) is 10.6.